The average molecular weight is 394 g/mol. The summed E-state index contributed by atoms with van der Waals surface area (Å²) in [5.74, 6) is -1.18. The minimum Gasteiger partial charge on any atom is -0.365 e. The summed E-state index contributed by atoms with van der Waals surface area (Å²) < 4.78 is 41.7. The van der Waals surface area contributed by atoms with E-state index in [1.165, 1.54) is 0 Å². The van der Waals surface area contributed by atoms with E-state index in [-0.39, 0.29) is 23.8 Å². The van der Waals surface area contributed by atoms with E-state index in [0.29, 0.717) is 24.4 Å². The van der Waals surface area contributed by atoms with Crippen molar-refractivity contribution in [3.05, 3.63) is 35.5 Å². The van der Waals surface area contributed by atoms with Crippen molar-refractivity contribution in [1.29, 1.82) is 0 Å². The monoisotopic (exact) mass is 394 g/mol. The summed E-state index contributed by atoms with van der Waals surface area (Å²) in [5.41, 5.74) is 1.29. The van der Waals surface area contributed by atoms with Gasteiger partial charge < -0.3 is 10.6 Å². The van der Waals surface area contributed by atoms with Gasteiger partial charge in [0.1, 0.15) is 5.82 Å². The molecule has 0 saturated carbocycles. The Bertz CT molecular complexity index is 1040. The Hall–Kier alpha value is -3.18. The summed E-state index contributed by atoms with van der Waals surface area (Å²) in [6, 6.07) is 0.938. The maximum atomic E-state index is 13.0. The van der Waals surface area contributed by atoms with Gasteiger partial charge in [-0.05, 0) is 13.3 Å². The van der Waals surface area contributed by atoms with Crippen molar-refractivity contribution < 1.29 is 18.0 Å². The number of fused-ring (bicyclic) bond motifs is 1. The second-order valence-corrected chi connectivity index (χ2v) is 6.71. The fourth-order valence-corrected chi connectivity index (χ4v) is 3.27. The maximum Gasteiger partial charge on any atom is 0.453 e. The average Bonchev–Trinajstić information content (AvgIpc) is 3.22. The van der Waals surface area contributed by atoms with Crippen LogP contribution < -0.4 is 10.6 Å². The molecule has 1 fully saturated rings. The largest absolute Gasteiger partial charge is 0.453 e. The number of hydrogen-bond donors (Lipinski definition) is 2. The molecular weight excluding hydrogens is 377 g/mol. The van der Waals surface area contributed by atoms with Crippen molar-refractivity contribution in [2.75, 3.05) is 5.32 Å². The van der Waals surface area contributed by atoms with Gasteiger partial charge in [0.2, 0.25) is 5.91 Å². The first kappa shape index (κ1) is 18.2. The minimum atomic E-state index is -4.67. The molecule has 0 bridgehead atoms. The van der Waals surface area contributed by atoms with Crippen molar-refractivity contribution in [1.82, 2.24) is 34.7 Å². The smallest absolute Gasteiger partial charge is 0.365 e. The maximum absolute atomic E-state index is 13.0. The number of aromatic nitrogens is 6. The summed E-state index contributed by atoms with van der Waals surface area (Å²) in [5, 5.41) is 13.8. The number of amides is 1. The lowest BCUT2D eigenvalue weighted by atomic mass is 9.93. The van der Waals surface area contributed by atoms with Crippen LogP contribution >= 0.6 is 0 Å². The molecule has 4 rings (SSSR count). The Morgan fingerprint density at radius 2 is 2.11 bits per heavy atom. The number of anilines is 1. The first-order valence-electron chi connectivity index (χ1n) is 8.57. The van der Waals surface area contributed by atoms with E-state index in [9.17, 15) is 18.0 Å². The van der Waals surface area contributed by atoms with Gasteiger partial charge in [-0.3, -0.25) is 9.48 Å². The Balaban J connectivity index is 1.71. The van der Waals surface area contributed by atoms with E-state index in [2.05, 4.69) is 30.8 Å². The third-order valence-electron chi connectivity index (χ3n) is 4.51. The predicted octanol–water partition coefficient (Wildman–Crippen LogP) is 1.62. The number of halogens is 3. The van der Waals surface area contributed by atoms with E-state index >= 15 is 0 Å². The zero-order valence-electron chi connectivity index (χ0n) is 15.0. The molecule has 2 N–H and O–H groups in total. The lowest BCUT2D eigenvalue weighted by Gasteiger charge is -2.33. The topological polar surface area (TPSA) is 102 Å². The van der Waals surface area contributed by atoms with Crippen LogP contribution in [0.4, 0.5) is 19.0 Å². The van der Waals surface area contributed by atoms with Gasteiger partial charge in [0.15, 0.2) is 0 Å². The second kappa shape index (κ2) is 6.46. The van der Waals surface area contributed by atoms with Crippen LogP contribution in [0.2, 0.25) is 0 Å². The molecule has 3 aromatic heterocycles. The number of nitrogens with one attached hydrogen (secondary N) is 2. The van der Waals surface area contributed by atoms with Gasteiger partial charge in [0, 0.05) is 37.0 Å². The molecule has 0 aromatic carbocycles. The number of aryl methyl sites for hydroxylation is 2. The summed E-state index contributed by atoms with van der Waals surface area (Å²) in [7, 11) is 1.76. The fraction of sp³-hybridized carbons (Fsp3) is 0.438. The van der Waals surface area contributed by atoms with E-state index < -0.39 is 12.0 Å². The zero-order chi connectivity index (χ0) is 20.1. The third kappa shape index (κ3) is 3.37. The molecule has 0 unspecified atom stereocenters. The standard InChI is InChI=1S/C16H17F3N8O/c1-8-5-11(27-15(21-8)24-14(25-27)16(17,18)19)22-10-3-4-12(28)23-13(10)9-6-20-26(2)7-9/h5-7,10,13,22H,3-4H2,1-2H3,(H,23,28)/t10-,13+/m1/s1. The third-order valence-corrected chi connectivity index (χ3v) is 4.51. The number of carbonyl (C=O) groups excluding carboxylic acids is 1. The number of piperidine rings is 1. The highest BCUT2D eigenvalue weighted by Crippen LogP contribution is 2.29. The zero-order valence-corrected chi connectivity index (χ0v) is 15.0. The molecule has 148 valence electrons. The van der Waals surface area contributed by atoms with Crippen molar-refractivity contribution in [3.8, 4) is 0 Å². The molecular formula is C16H17F3N8O. The first-order valence-corrected chi connectivity index (χ1v) is 8.57. The molecule has 1 amide bonds. The van der Waals surface area contributed by atoms with Crippen LogP contribution in [-0.4, -0.2) is 41.3 Å². The Morgan fingerprint density at radius 1 is 1.32 bits per heavy atom. The van der Waals surface area contributed by atoms with Crippen LogP contribution in [0.5, 0.6) is 0 Å². The number of alkyl halides is 3. The molecule has 4 heterocycles. The van der Waals surface area contributed by atoms with Crippen LogP contribution in [0.15, 0.2) is 18.5 Å². The summed E-state index contributed by atoms with van der Waals surface area (Å²) >= 11 is 0. The molecule has 0 radical (unpaired) electrons. The van der Waals surface area contributed by atoms with Gasteiger partial charge in [0.25, 0.3) is 11.6 Å². The van der Waals surface area contributed by atoms with Gasteiger partial charge >= 0.3 is 6.18 Å². The molecule has 0 aliphatic carbocycles. The minimum absolute atomic E-state index is 0.0944. The van der Waals surface area contributed by atoms with Crippen LogP contribution in [0.3, 0.4) is 0 Å². The Morgan fingerprint density at radius 3 is 2.79 bits per heavy atom. The normalized spacial score (nSPS) is 20.4. The van der Waals surface area contributed by atoms with Gasteiger partial charge in [-0.25, -0.2) is 4.98 Å². The van der Waals surface area contributed by atoms with E-state index in [1.54, 1.807) is 37.1 Å². The molecule has 0 spiro atoms. The van der Waals surface area contributed by atoms with Crippen LogP contribution in [-0.2, 0) is 18.0 Å². The number of nitrogens with zero attached hydrogens (tertiary/aromatic N) is 6. The Labute approximate surface area is 157 Å². The van der Waals surface area contributed by atoms with Gasteiger partial charge in [0.05, 0.1) is 18.3 Å². The summed E-state index contributed by atoms with van der Waals surface area (Å²) in [6.45, 7) is 1.66. The number of hydrogen-bond acceptors (Lipinski definition) is 6. The predicted molar refractivity (Wildman–Crippen MR) is 91.3 cm³/mol. The van der Waals surface area contributed by atoms with E-state index in [4.69, 9.17) is 0 Å². The summed E-state index contributed by atoms with van der Waals surface area (Å²) in [4.78, 5) is 19.4. The highest BCUT2D eigenvalue weighted by molar-refractivity contribution is 5.77. The SMILES string of the molecule is Cc1cc(N[C@@H]2CCC(=O)N[C@H]2c2cnn(C)c2)n2nc(C(F)(F)F)nc2n1. The van der Waals surface area contributed by atoms with Gasteiger partial charge in [-0.2, -0.15) is 27.8 Å². The molecule has 28 heavy (non-hydrogen) atoms. The van der Waals surface area contributed by atoms with Crippen LogP contribution in [0, 0.1) is 6.92 Å². The second-order valence-electron chi connectivity index (χ2n) is 6.71. The molecule has 1 aliphatic rings. The van der Waals surface area contributed by atoms with E-state index in [1.807, 2.05) is 0 Å². The molecule has 1 aliphatic heterocycles. The van der Waals surface area contributed by atoms with Crippen LogP contribution in [0.25, 0.3) is 5.78 Å². The molecule has 1 saturated heterocycles. The molecule has 9 nitrogen and oxygen atoms in total. The summed E-state index contributed by atoms with van der Waals surface area (Å²) in [6.07, 6.45) is -0.442. The lowest BCUT2D eigenvalue weighted by molar-refractivity contribution is -0.144. The Kier molecular flexibility index (Phi) is 4.20. The van der Waals surface area contributed by atoms with Crippen molar-refractivity contribution in [2.45, 2.75) is 38.0 Å². The van der Waals surface area contributed by atoms with Gasteiger partial charge in [-0.15, -0.1) is 5.10 Å². The quantitative estimate of drug-likeness (QED) is 0.700. The van der Waals surface area contributed by atoms with Crippen molar-refractivity contribution in [2.24, 2.45) is 7.05 Å². The lowest BCUT2D eigenvalue weighted by Crippen LogP contribution is -2.45. The number of carbonyl (C=O) groups is 1. The van der Waals surface area contributed by atoms with Crippen molar-refractivity contribution in [3.63, 3.8) is 0 Å². The van der Waals surface area contributed by atoms with E-state index in [0.717, 1.165) is 10.1 Å². The number of rotatable bonds is 3. The van der Waals surface area contributed by atoms with Crippen LogP contribution in [0.1, 0.15) is 36.0 Å². The highest BCUT2D eigenvalue weighted by atomic mass is 19.4. The van der Waals surface area contributed by atoms with Crippen molar-refractivity contribution >= 4 is 17.5 Å². The highest BCUT2D eigenvalue weighted by Gasteiger charge is 2.37. The molecule has 3 aromatic rings. The fourth-order valence-electron chi connectivity index (χ4n) is 3.27. The van der Waals surface area contributed by atoms with Gasteiger partial charge in [-0.1, -0.05) is 0 Å². The molecule has 2 atom stereocenters. The molecule has 12 heteroatoms. The first-order chi connectivity index (χ1) is 13.2.